The van der Waals surface area contributed by atoms with Gasteiger partial charge in [0.15, 0.2) is 0 Å². The lowest BCUT2D eigenvalue weighted by Gasteiger charge is -2.29. The van der Waals surface area contributed by atoms with E-state index in [-0.39, 0.29) is 13.2 Å². The molecule has 0 aliphatic rings. The molecule has 0 saturated carbocycles. The Morgan fingerprint density at radius 3 is 1.25 bits per heavy atom. The van der Waals surface area contributed by atoms with E-state index in [0.717, 1.165) is 35.1 Å². The lowest BCUT2D eigenvalue weighted by atomic mass is 10.4. The lowest BCUT2D eigenvalue weighted by Crippen LogP contribution is -2.44. The van der Waals surface area contributed by atoms with Gasteiger partial charge >= 0.3 is 0 Å². The van der Waals surface area contributed by atoms with Gasteiger partial charge in [-0.05, 0) is 0 Å². The van der Waals surface area contributed by atoms with Crippen LogP contribution < -0.4 is 0 Å². The Hall–Kier alpha value is -0.240. The van der Waals surface area contributed by atoms with Crippen molar-refractivity contribution in [2.45, 2.75) is 0 Å². The summed E-state index contributed by atoms with van der Waals surface area (Å²) in [4.78, 5) is 0. The fourth-order valence-electron chi connectivity index (χ4n) is 1.71. The smallest absolute Gasteiger partial charge is 0.102 e. The van der Waals surface area contributed by atoms with E-state index in [2.05, 4.69) is 28.2 Å². The molecule has 0 aromatic carbocycles. The minimum absolute atomic E-state index is 0.206. The lowest BCUT2D eigenvalue weighted by molar-refractivity contribution is -0.891. The number of ether oxygens (including phenoxy) is 2. The first kappa shape index (κ1) is 19.8. The van der Waals surface area contributed by atoms with E-state index < -0.39 is 0 Å². The third kappa shape index (κ3) is 11.6. The highest BCUT2D eigenvalue weighted by atomic mass is 16.5. The van der Waals surface area contributed by atoms with Gasteiger partial charge in [0.25, 0.3) is 0 Å². The van der Waals surface area contributed by atoms with Crippen LogP contribution in [-0.2, 0) is 9.47 Å². The summed E-state index contributed by atoms with van der Waals surface area (Å²) in [7, 11) is 8.32. The maximum Gasteiger partial charge on any atom is 0.102 e. The maximum atomic E-state index is 8.91. The van der Waals surface area contributed by atoms with E-state index in [1.165, 1.54) is 0 Å². The summed E-state index contributed by atoms with van der Waals surface area (Å²) in [5.74, 6) is 0. The van der Waals surface area contributed by atoms with Crippen LogP contribution in [-0.4, -0.2) is 113 Å². The highest BCUT2D eigenvalue weighted by Gasteiger charge is 2.14. The van der Waals surface area contributed by atoms with Crippen molar-refractivity contribution in [1.29, 1.82) is 0 Å². The summed E-state index contributed by atoms with van der Waals surface area (Å²) in [6.45, 7) is 6.26. The van der Waals surface area contributed by atoms with Gasteiger partial charge in [0, 0.05) is 0 Å². The third-order valence-electron chi connectivity index (χ3n) is 3.46. The number of aliphatic hydroxyl groups excluding tert-OH is 2. The quantitative estimate of drug-likeness (QED) is 0.343. The van der Waals surface area contributed by atoms with Gasteiger partial charge in [-0.25, -0.2) is 0 Å². The van der Waals surface area contributed by atoms with Gasteiger partial charge in [-0.3, -0.25) is 0 Å². The van der Waals surface area contributed by atoms with Gasteiger partial charge in [-0.1, -0.05) is 0 Å². The maximum absolute atomic E-state index is 8.91. The molecule has 0 amide bonds. The van der Waals surface area contributed by atoms with Crippen LogP contribution in [0, 0.1) is 0 Å². The number of quaternary nitrogens is 2. The second-order valence-electron chi connectivity index (χ2n) is 6.44. The number of likely N-dealkylation sites (N-methyl/N-ethyl adjacent to an activating group) is 2. The Kier molecular flexibility index (Phi) is 10.4. The van der Waals surface area contributed by atoms with E-state index in [0.29, 0.717) is 26.4 Å². The van der Waals surface area contributed by atoms with Crippen LogP contribution in [0.25, 0.3) is 0 Å². The molecule has 0 aliphatic heterocycles. The summed E-state index contributed by atoms with van der Waals surface area (Å²) >= 11 is 0. The Bertz CT molecular complexity index is 211. The molecule has 0 aliphatic carbocycles. The zero-order chi connectivity index (χ0) is 15.5. The van der Waals surface area contributed by atoms with Crippen LogP contribution in [0.2, 0.25) is 0 Å². The Labute approximate surface area is 123 Å². The molecule has 0 spiro atoms. The highest BCUT2D eigenvalue weighted by molar-refractivity contribution is 4.37. The summed E-state index contributed by atoms with van der Waals surface area (Å²) in [5, 5.41) is 17.8. The zero-order valence-corrected chi connectivity index (χ0v) is 13.7. The van der Waals surface area contributed by atoms with Crippen LogP contribution in [0.1, 0.15) is 0 Å². The molecule has 20 heavy (non-hydrogen) atoms. The van der Waals surface area contributed by atoms with E-state index in [4.69, 9.17) is 19.7 Å². The summed E-state index contributed by atoms with van der Waals surface area (Å²) in [6, 6.07) is 0. The molecule has 0 atom stereocenters. The second-order valence-corrected chi connectivity index (χ2v) is 6.44. The van der Waals surface area contributed by atoms with Gasteiger partial charge < -0.3 is 28.7 Å². The fourth-order valence-corrected chi connectivity index (χ4v) is 1.71. The van der Waals surface area contributed by atoms with Crippen LogP contribution >= 0.6 is 0 Å². The van der Waals surface area contributed by atoms with Crippen molar-refractivity contribution in [2.75, 3.05) is 94.0 Å². The van der Waals surface area contributed by atoms with Crippen LogP contribution in [0.3, 0.4) is 0 Å². The third-order valence-corrected chi connectivity index (χ3v) is 3.46. The Balaban J connectivity index is 3.41. The molecule has 6 heteroatoms. The average Bonchev–Trinajstić information content (AvgIpc) is 2.32. The van der Waals surface area contributed by atoms with Crippen molar-refractivity contribution < 1.29 is 28.7 Å². The minimum atomic E-state index is 0.206. The first-order valence-corrected chi connectivity index (χ1v) is 7.34. The SMILES string of the molecule is C[N+](C)(CCO)CCOCCOCC[N+](C)(C)CCO. The van der Waals surface area contributed by atoms with Crippen molar-refractivity contribution in [1.82, 2.24) is 0 Å². The van der Waals surface area contributed by atoms with Gasteiger partial charge in [0.1, 0.15) is 26.2 Å². The van der Waals surface area contributed by atoms with Crippen molar-refractivity contribution >= 4 is 0 Å². The van der Waals surface area contributed by atoms with Crippen LogP contribution in [0.4, 0.5) is 0 Å². The Morgan fingerprint density at radius 2 is 0.950 bits per heavy atom. The first-order chi connectivity index (χ1) is 9.33. The van der Waals surface area contributed by atoms with Crippen molar-refractivity contribution in [3.05, 3.63) is 0 Å². The number of hydrogen-bond donors (Lipinski definition) is 2. The standard InChI is InChI=1S/C14H34N2O4/c1-15(2,5-9-17)7-11-19-13-14-20-12-8-16(3,4)6-10-18/h17-18H,5-14H2,1-4H3/q+2. The van der Waals surface area contributed by atoms with Crippen molar-refractivity contribution in [2.24, 2.45) is 0 Å². The zero-order valence-electron chi connectivity index (χ0n) is 13.7. The molecule has 0 fully saturated rings. The van der Waals surface area contributed by atoms with E-state index in [9.17, 15) is 0 Å². The normalized spacial score (nSPS) is 12.9. The van der Waals surface area contributed by atoms with Crippen molar-refractivity contribution in [3.63, 3.8) is 0 Å². The summed E-state index contributed by atoms with van der Waals surface area (Å²) in [5.41, 5.74) is 0. The van der Waals surface area contributed by atoms with Gasteiger partial charge in [0.2, 0.25) is 0 Å². The van der Waals surface area contributed by atoms with Crippen LogP contribution in [0.5, 0.6) is 0 Å². The predicted octanol–water partition coefficient (Wildman–Crippen LogP) is -0.843. The molecule has 0 heterocycles. The largest absolute Gasteiger partial charge is 0.391 e. The minimum Gasteiger partial charge on any atom is -0.391 e. The average molecular weight is 294 g/mol. The number of rotatable bonds is 13. The number of aliphatic hydroxyl groups is 2. The molecule has 2 N–H and O–H groups in total. The second kappa shape index (κ2) is 10.5. The molecule has 0 rings (SSSR count). The summed E-state index contributed by atoms with van der Waals surface area (Å²) in [6.07, 6.45) is 0. The topological polar surface area (TPSA) is 58.9 Å². The molecule has 0 bridgehead atoms. The molecular formula is C14H34N2O4+2. The van der Waals surface area contributed by atoms with E-state index in [1.807, 2.05) is 0 Å². The van der Waals surface area contributed by atoms with Crippen LogP contribution in [0.15, 0.2) is 0 Å². The monoisotopic (exact) mass is 294 g/mol. The molecule has 122 valence electrons. The van der Waals surface area contributed by atoms with Crippen molar-refractivity contribution in [3.8, 4) is 0 Å². The van der Waals surface area contributed by atoms with Gasteiger partial charge in [-0.15, -0.1) is 0 Å². The van der Waals surface area contributed by atoms with E-state index >= 15 is 0 Å². The molecular weight excluding hydrogens is 260 g/mol. The molecule has 0 radical (unpaired) electrons. The molecule has 0 saturated heterocycles. The fraction of sp³-hybridized carbons (Fsp3) is 1.00. The molecule has 6 nitrogen and oxygen atoms in total. The molecule has 0 aromatic heterocycles. The summed E-state index contributed by atoms with van der Waals surface area (Å²) < 4.78 is 12.6. The first-order valence-electron chi connectivity index (χ1n) is 7.34. The number of hydrogen-bond acceptors (Lipinski definition) is 4. The number of nitrogens with zero attached hydrogens (tertiary/aromatic N) is 2. The van der Waals surface area contributed by atoms with E-state index in [1.54, 1.807) is 0 Å². The van der Waals surface area contributed by atoms with Gasteiger partial charge in [-0.2, -0.15) is 0 Å². The molecule has 0 aromatic rings. The Morgan fingerprint density at radius 1 is 0.600 bits per heavy atom. The predicted molar refractivity (Wildman–Crippen MR) is 79.5 cm³/mol. The molecule has 0 unspecified atom stereocenters. The van der Waals surface area contributed by atoms with Gasteiger partial charge in [0.05, 0.1) is 67.8 Å². The highest BCUT2D eigenvalue weighted by Crippen LogP contribution is 1.97.